The molecule has 0 spiro atoms. The number of unbranched alkanes of at least 4 members (excludes halogenated alkanes) is 2. The summed E-state index contributed by atoms with van der Waals surface area (Å²) in [5.74, 6) is 4.81. The average Bonchev–Trinajstić information content (AvgIpc) is 2.49. The average molecular weight is 275 g/mol. The van der Waals surface area contributed by atoms with Crippen molar-refractivity contribution in [3.05, 3.63) is 34.6 Å². The summed E-state index contributed by atoms with van der Waals surface area (Å²) < 4.78 is 1.37. The molecule has 0 aliphatic heterocycles. The lowest BCUT2D eigenvalue weighted by atomic mass is 10.2. The number of amides is 1. The zero-order valence-corrected chi connectivity index (χ0v) is 11.1. The lowest BCUT2D eigenvalue weighted by molar-refractivity contribution is -0.121. The summed E-state index contributed by atoms with van der Waals surface area (Å²) in [6, 6.07) is 7.14. The lowest BCUT2D eigenvalue weighted by Gasteiger charge is -2.04. The van der Waals surface area contributed by atoms with Gasteiger partial charge in [0.2, 0.25) is 5.91 Å². The molecule has 0 atom stereocenters. The van der Waals surface area contributed by atoms with Crippen LogP contribution in [0.5, 0.6) is 0 Å². The second kappa shape index (κ2) is 6.76. The van der Waals surface area contributed by atoms with Gasteiger partial charge in [-0.1, -0.05) is 23.8 Å². The van der Waals surface area contributed by atoms with Crippen LogP contribution in [0.3, 0.4) is 0 Å². The molecule has 1 amide bonds. The van der Waals surface area contributed by atoms with Crippen molar-refractivity contribution in [3.8, 4) is 0 Å². The van der Waals surface area contributed by atoms with Crippen molar-refractivity contribution in [3.63, 3.8) is 0 Å². The van der Waals surface area contributed by atoms with Gasteiger partial charge in [-0.05, 0) is 25.0 Å². The smallest absolute Gasteiger partial charge is 0.277 e. The third-order valence-electron chi connectivity index (χ3n) is 3.06. The Labute approximate surface area is 115 Å². The molecular formula is C13H17N5O2. The number of aromatic nitrogens is 3. The number of carbonyl (C=O) groups excluding carboxylic acids is 1. The van der Waals surface area contributed by atoms with Crippen LogP contribution in [0.2, 0.25) is 0 Å². The highest BCUT2D eigenvalue weighted by Crippen LogP contribution is 2.05. The predicted molar refractivity (Wildman–Crippen MR) is 74.6 cm³/mol. The molecule has 1 heterocycles. The molecule has 1 aromatic carbocycles. The minimum atomic E-state index is -0.173. The lowest BCUT2D eigenvalue weighted by Crippen LogP contribution is -2.29. The van der Waals surface area contributed by atoms with E-state index in [1.807, 2.05) is 6.07 Å². The van der Waals surface area contributed by atoms with Crippen LogP contribution >= 0.6 is 0 Å². The first-order valence-corrected chi connectivity index (χ1v) is 6.54. The Balaban J connectivity index is 1.92. The Kier molecular flexibility index (Phi) is 4.78. The number of nitrogens with zero attached hydrogens (tertiary/aromatic N) is 3. The summed E-state index contributed by atoms with van der Waals surface area (Å²) >= 11 is 0. The van der Waals surface area contributed by atoms with E-state index in [4.69, 9.17) is 5.84 Å². The first-order chi connectivity index (χ1) is 9.72. The maximum absolute atomic E-state index is 12.1. The van der Waals surface area contributed by atoms with Gasteiger partial charge in [-0.25, -0.2) is 10.5 Å². The number of benzene rings is 1. The zero-order valence-electron chi connectivity index (χ0n) is 11.1. The molecule has 0 aliphatic rings. The third kappa shape index (κ3) is 3.39. The van der Waals surface area contributed by atoms with E-state index in [0.29, 0.717) is 23.9 Å². The van der Waals surface area contributed by atoms with Crippen molar-refractivity contribution >= 4 is 16.8 Å². The van der Waals surface area contributed by atoms with E-state index in [0.717, 1.165) is 19.3 Å². The number of aryl methyl sites for hydroxylation is 1. The fraction of sp³-hybridized carbons (Fsp3) is 0.385. The van der Waals surface area contributed by atoms with Gasteiger partial charge in [0.1, 0.15) is 5.52 Å². The predicted octanol–water partition coefficient (Wildman–Crippen LogP) is 0.342. The Morgan fingerprint density at radius 1 is 1.25 bits per heavy atom. The van der Waals surface area contributed by atoms with Crippen LogP contribution in [0.4, 0.5) is 0 Å². The maximum atomic E-state index is 12.1. The Morgan fingerprint density at radius 2 is 2.05 bits per heavy atom. The molecule has 3 N–H and O–H groups in total. The molecule has 0 saturated carbocycles. The van der Waals surface area contributed by atoms with Crippen LogP contribution < -0.4 is 16.8 Å². The number of carbonyl (C=O) groups is 1. The van der Waals surface area contributed by atoms with Crippen LogP contribution in [0.1, 0.15) is 25.7 Å². The molecule has 0 saturated heterocycles. The third-order valence-corrected chi connectivity index (χ3v) is 3.06. The monoisotopic (exact) mass is 275 g/mol. The normalized spacial score (nSPS) is 10.7. The standard InChI is InChI=1S/C13H17N5O2/c14-15-12(19)8-2-1-5-9-18-13(20)10-6-3-4-7-11(10)16-17-18/h3-4,6-7H,1-2,5,8-9,14H2,(H,15,19). The van der Waals surface area contributed by atoms with Crippen molar-refractivity contribution in [2.24, 2.45) is 5.84 Å². The molecule has 106 valence electrons. The molecule has 7 heteroatoms. The first kappa shape index (κ1) is 14.1. The van der Waals surface area contributed by atoms with E-state index in [9.17, 15) is 9.59 Å². The fourth-order valence-corrected chi connectivity index (χ4v) is 1.97. The van der Waals surface area contributed by atoms with Crippen LogP contribution in [-0.2, 0) is 11.3 Å². The molecule has 0 unspecified atom stereocenters. The quantitative estimate of drug-likeness (QED) is 0.342. The molecule has 20 heavy (non-hydrogen) atoms. The molecule has 1 aromatic heterocycles. The van der Waals surface area contributed by atoms with Crippen molar-refractivity contribution in [2.45, 2.75) is 32.2 Å². The molecule has 7 nitrogen and oxygen atoms in total. The number of hydrazine groups is 1. The van der Waals surface area contributed by atoms with Gasteiger partial charge in [0.25, 0.3) is 5.56 Å². The molecule has 0 aliphatic carbocycles. The van der Waals surface area contributed by atoms with Crippen LogP contribution in [0, 0.1) is 0 Å². The summed E-state index contributed by atoms with van der Waals surface area (Å²) in [4.78, 5) is 23.1. The van der Waals surface area contributed by atoms with Gasteiger partial charge in [-0.3, -0.25) is 15.0 Å². The van der Waals surface area contributed by atoms with Gasteiger partial charge in [0.15, 0.2) is 0 Å². The topological polar surface area (TPSA) is 103 Å². The van der Waals surface area contributed by atoms with Gasteiger partial charge in [-0.2, -0.15) is 0 Å². The maximum Gasteiger partial charge on any atom is 0.277 e. The van der Waals surface area contributed by atoms with Gasteiger partial charge < -0.3 is 0 Å². The van der Waals surface area contributed by atoms with Gasteiger partial charge >= 0.3 is 0 Å². The highest BCUT2D eigenvalue weighted by Gasteiger charge is 2.04. The molecule has 2 aromatic rings. The Bertz CT molecular complexity index is 652. The Hall–Kier alpha value is -2.28. The second-order valence-electron chi connectivity index (χ2n) is 4.51. The van der Waals surface area contributed by atoms with E-state index in [1.54, 1.807) is 18.2 Å². The number of fused-ring (bicyclic) bond motifs is 1. The molecule has 0 bridgehead atoms. The van der Waals surface area contributed by atoms with E-state index in [2.05, 4.69) is 15.7 Å². The first-order valence-electron chi connectivity index (χ1n) is 6.54. The minimum Gasteiger partial charge on any atom is -0.294 e. The number of nitrogens with one attached hydrogen (secondary N) is 1. The summed E-state index contributed by atoms with van der Waals surface area (Å²) in [5, 5.41) is 8.50. The summed E-state index contributed by atoms with van der Waals surface area (Å²) in [6.45, 7) is 0.501. The number of rotatable bonds is 6. The van der Waals surface area contributed by atoms with Crippen molar-refractivity contribution in [1.82, 2.24) is 20.4 Å². The van der Waals surface area contributed by atoms with Crippen molar-refractivity contribution < 1.29 is 4.79 Å². The number of nitrogens with two attached hydrogens (primary N) is 1. The van der Waals surface area contributed by atoms with Crippen LogP contribution in [0.25, 0.3) is 10.9 Å². The largest absolute Gasteiger partial charge is 0.294 e. The molecule has 2 rings (SSSR count). The Morgan fingerprint density at radius 3 is 2.85 bits per heavy atom. The molecular weight excluding hydrogens is 258 g/mol. The number of hydrogen-bond acceptors (Lipinski definition) is 5. The van der Waals surface area contributed by atoms with Gasteiger partial charge in [-0.15, -0.1) is 5.10 Å². The van der Waals surface area contributed by atoms with Crippen LogP contribution in [0.15, 0.2) is 29.1 Å². The van der Waals surface area contributed by atoms with Gasteiger partial charge in [0, 0.05) is 13.0 Å². The summed E-state index contributed by atoms with van der Waals surface area (Å²) in [7, 11) is 0. The highest BCUT2D eigenvalue weighted by molar-refractivity contribution is 5.76. The zero-order chi connectivity index (χ0) is 14.4. The van der Waals surface area contributed by atoms with E-state index in [-0.39, 0.29) is 11.5 Å². The highest BCUT2D eigenvalue weighted by atomic mass is 16.2. The van der Waals surface area contributed by atoms with E-state index >= 15 is 0 Å². The molecule has 0 fully saturated rings. The second-order valence-corrected chi connectivity index (χ2v) is 4.51. The summed E-state index contributed by atoms with van der Waals surface area (Å²) in [5.41, 5.74) is 2.56. The fourth-order valence-electron chi connectivity index (χ4n) is 1.97. The van der Waals surface area contributed by atoms with E-state index < -0.39 is 0 Å². The van der Waals surface area contributed by atoms with Gasteiger partial charge in [0.05, 0.1) is 5.39 Å². The SMILES string of the molecule is NNC(=O)CCCCCn1nnc2ccccc2c1=O. The van der Waals surface area contributed by atoms with Crippen LogP contribution in [-0.4, -0.2) is 20.9 Å². The minimum absolute atomic E-state index is 0.129. The van der Waals surface area contributed by atoms with Crippen molar-refractivity contribution in [2.75, 3.05) is 0 Å². The van der Waals surface area contributed by atoms with E-state index in [1.165, 1.54) is 4.68 Å². The summed E-state index contributed by atoms with van der Waals surface area (Å²) in [6.07, 6.45) is 2.73. The molecule has 0 radical (unpaired) electrons. The number of hydrogen-bond donors (Lipinski definition) is 2. The van der Waals surface area contributed by atoms with Crippen molar-refractivity contribution in [1.29, 1.82) is 0 Å².